The van der Waals surface area contributed by atoms with Gasteiger partial charge < -0.3 is 15.0 Å². The fourth-order valence-electron chi connectivity index (χ4n) is 2.89. The minimum absolute atomic E-state index is 0.629. The van der Waals surface area contributed by atoms with Gasteiger partial charge in [-0.1, -0.05) is 18.6 Å². The monoisotopic (exact) mass is 244 g/mol. The Labute approximate surface area is 108 Å². The van der Waals surface area contributed by atoms with Gasteiger partial charge in [-0.05, 0) is 37.4 Å². The number of hydrogen-bond donors (Lipinski definition) is 2. The fourth-order valence-corrected chi connectivity index (χ4v) is 2.89. The third-order valence-corrected chi connectivity index (χ3v) is 3.86. The molecule has 0 spiro atoms. The Kier molecular flexibility index (Phi) is 3.24. The van der Waals surface area contributed by atoms with E-state index in [1.807, 2.05) is 6.07 Å². The minimum atomic E-state index is 0.629. The quantitative estimate of drug-likeness (QED) is 0.871. The highest BCUT2D eigenvalue weighted by molar-refractivity contribution is 5.88. The smallest absolute Gasteiger partial charge is 0.142 e. The van der Waals surface area contributed by atoms with Crippen LogP contribution < -0.4 is 10.1 Å². The lowest BCUT2D eigenvalue weighted by atomic mass is 9.97. The molecule has 2 aromatic rings. The molecule has 0 radical (unpaired) electrons. The first-order valence-corrected chi connectivity index (χ1v) is 6.75. The van der Waals surface area contributed by atoms with Gasteiger partial charge in [0.2, 0.25) is 0 Å². The number of aromatic nitrogens is 1. The Morgan fingerprint density at radius 2 is 2.28 bits per heavy atom. The second kappa shape index (κ2) is 5.02. The van der Waals surface area contributed by atoms with Crippen molar-refractivity contribution in [2.75, 3.05) is 13.7 Å². The van der Waals surface area contributed by atoms with Crippen molar-refractivity contribution in [3.8, 4) is 5.75 Å². The van der Waals surface area contributed by atoms with Crippen molar-refractivity contribution in [3.05, 3.63) is 30.0 Å². The molecule has 1 aromatic carbocycles. The zero-order valence-corrected chi connectivity index (χ0v) is 10.8. The molecule has 0 amide bonds. The number of para-hydroxylation sites is 1. The third-order valence-electron chi connectivity index (χ3n) is 3.86. The maximum absolute atomic E-state index is 5.38. The van der Waals surface area contributed by atoms with Gasteiger partial charge >= 0.3 is 0 Å². The SMILES string of the molecule is COc1cccc2c(CC3CCCCN3)c[nH]c12. The summed E-state index contributed by atoms with van der Waals surface area (Å²) in [6.45, 7) is 1.16. The van der Waals surface area contributed by atoms with Crippen LogP contribution in [0.1, 0.15) is 24.8 Å². The summed E-state index contributed by atoms with van der Waals surface area (Å²) in [5.41, 5.74) is 2.51. The van der Waals surface area contributed by atoms with E-state index in [0.29, 0.717) is 6.04 Å². The van der Waals surface area contributed by atoms with Gasteiger partial charge in [-0.2, -0.15) is 0 Å². The molecule has 3 rings (SSSR count). The van der Waals surface area contributed by atoms with E-state index in [-0.39, 0.29) is 0 Å². The minimum Gasteiger partial charge on any atom is -0.495 e. The van der Waals surface area contributed by atoms with Gasteiger partial charge in [0.05, 0.1) is 12.6 Å². The molecule has 96 valence electrons. The maximum Gasteiger partial charge on any atom is 0.142 e. The molecule has 0 aliphatic carbocycles. The molecule has 2 heterocycles. The molecule has 3 nitrogen and oxygen atoms in total. The molecule has 2 N–H and O–H groups in total. The number of aromatic amines is 1. The van der Waals surface area contributed by atoms with E-state index < -0.39 is 0 Å². The summed E-state index contributed by atoms with van der Waals surface area (Å²) in [7, 11) is 1.72. The maximum atomic E-state index is 5.38. The summed E-state index contributed by atoms with van der Waals surface area (Å²) in [4.78, 5) is 3.34. The predicted octanol–water partition coefficient (Wildman–Crippen LogP) is 2.86. The molecule has 18 heavy (non-hydrogen) atoms. The highest BCUT2D eigenvalue weighted by atomic mass is 16.5. The summed E-state index contributed by atoms with van der Waals surface area (Å²) in [6, 6.07) is 6.87. The van der Waals surface area contributed by atoms with Crippen LogP contribution in [0.15, 0.2) is 24.4 Å². The number of fused-ring (bicyclic) bond motifs is 1. The number of benzene rings is 1. The van der Waals surface area contributed by atoms with E-state index in [1.54, 1.807) is 7.11 Å². The summed E-state index contributed by atoms with van der Waals surface area (Å²) in [6.07, 6.45) is 7.19. The van der Waals surface area contributed by atoms with E-state index in [2.05, 4.69) is 28.6 Å². The van der Waals surface area contributed by atoms with E-state index in [0.717, 1.165) is 24.2 Å². The molecular formula is C15H20N2O. The normalized spacial score (nSPS) is 20.2. The molecule has 3 heteroatoms. The van der Waals surface area contributed by atoms with Crippen molar-refractivity contribution in [1.82, 2.24) is 10.3 Å². The molecule has 1 saturated heterocycles. The van der Waals surface area contributed by atoms with Gasteiger partial charge in [0.1, 0.15) is 5.75 Å². The van der Waals surface area contributed by atoms with Crippen LogP contribution in [0.2, 0.25) is 0 Å². The number of methoxy groups -OCH3 is 1. The number of nitrogens with one attached hydrogen (secondary N) is 2. The van der Waals surface area contributed by atoms with E-state index in [4.69, 9.17) is 4.74 Å². The average Bonchev–Trinajstić information content (AvgIpc) is 2.83. The number of piperidine rings is 1. The Balaban J connectivity index is 1.88. The summed E-state index contributed by atoms with van der Waals surface area (Å²) in [5.74, 6) is 0.926. The standard InChI is InChI=1S/C15H20N2O/c1-18-14-7-4-6-13-11(10-17-15(13)14)9-12-5-2-3-8-16-12/h4,6-7,10,12,16-17H,2-3,5,8-9H2,1H3. The van der Waals surface area contributed by atoms with Crippen LogP contribution in [0.4, 0.5) is 0 Å². The van der Waals surface area contributed by atoms with Crippen molar-refractivity contribution in [2.45, 2.75) is 31.7 Å². The highest BCUT2D eigenvalue weighted by Crippen LogP contribution is 2.28. The molecular weight excluding hydrogens is 224 g/mol. The van der Waals surface area contributed by atoms with Crippen molar-refractivity contribution in [1.29, 1.82) is 0 Å². The highest BCUT2D eigenvalue weighted by Gasteiger charge is 2.15. The van der Waals surface area contributed by atoms with Gasteiger partial charge in [0.15, 0.2) is 0 Å². The molecule has 1 fully saturated rings. The van der Waals surface area contributed by atoms with Crippen LogP contribution in [-0.4, -0.2) is 24.7 Å². The van der Waals surface area contributed by atoms with Crippen molar-refractivity contribution >= 4 is 10.9 Å². The van der Waals surface area contributed by atoms with Crippen LogP contribution in [-0.2, 0) is 6.42 Å². The van der Waals surface area contributed by atoms with Crippen LogP contribution in [0.25, 0.3) is 10.9 Å². The predicted molar refractivity (Wildman–Crippen MR) is 74.2 cm³/mol. The van der Waals surface area contributed by atoms with Gasteiger partial charge in [-0.25, -0.2) is 0 Å². The number of ether oxygens (including phenoxy) is 1. The molecule has 1 aliphatic rings. The Morgan fingerprint density at radius 1 is 1.33 bits per heavy atom. The Hall–Kier alpha value is -1.48. The zero-order valence-electron chi connectivity index (χ0n) is 10.8. The first-order valence-electron chi connectivity index (χ1n) is 6.75. The molecule has 0 saturated carbocycles. The second-order valence-electron chi connectivity index (χ2n) is 5.05. The lowest BCUT2D eigenvalue weighted by Gasteiger charge is -2.23. The number of hydrogen-bond acceptors (Lipinski definition) is 2. The largest absolute Gasteiger partial charge is 0.495 e. The Bertz CT molecular complexity index is 526. The van der Waals surface area contributed by atoms with Crippen LogP contribution in [0.3, 0.4) is 0 Å². The zero-order chi connectivity index (χ0) is 12.4. The average molecular weight is 244 g/mol. The second-order valence-corrected chi connectivity index (χ2v) is 5.05. The van der Waals surface area contributed by atoms with Gasteiger partial charge in [-0.15, -0.1) is 0 Å². The summed E-state index contributed by atoms with van der Waals surface area (Å²) >= 11 is 0. The van der Waals surface area contributed by atoms with Crippen LogP contribution in [0, 0.1) is 0 Å². The molecule has 1 unspecified atom stereocenters. The van der Waals surface area contributed by atoms with Crippen molar-refractivity contribution < 1.29 is 4.74 Å². The first-order chi connectivity index (χ1) is 8.88. The first kappa shape index (κ1) is 11.6. The third kappa shape index (κ3) is 2.10. The fraction of sp³-hybridized carbons (Fsp3) is 0.467. The topological polar surface area (TPSA) is 37.0 Å². The molecule has 0 bridgehead atoms. The van der Waals surface area contributed by atoms with Crippen molar-refractivity contribution in [3.63, 3.8) is 0 Å². The molecule has 1 atom stereocenters. The van der Waals surface area contributed by atoms with E-state index in [9.17, 15) is 0 Å². The van der Waals surface area contributed by atoms with Crippen molar-refractivity contribution in [2.24, 2.45) is 0 Å². The molecule has 1 aliphatic heterocycles. The van der Waals surface area contributed by atoms with E-state index >= 15 is 0 Å². The number of H-pyrrole nitrogens is 1. The van der Waals surface area contributed by atoms with Crippen LogP contribution in [0.5, 0.6) is 5.75 Å². The summed E-state index contributed by atoms with van der Waals surface area (Å²) in [5, 5.41) is 4.90. The van der Waals surface area contributed by atoms with Crippen LogP contribution >= 0.6 is 0 Å². The van der Waals surface area contributed by atoms with E-state index in [1.165, 1.54) is 30.2 Å². The van der Waals surface area contributed by atoms with Gasteiger partial charge in [-0.3, -0.25) is 0 Å². The number of rotatable bonds is 3. The lowest BCUT2D eigenvalue weighted by Crippen LogP contribution is -2.35. The molecule has 1 aromatic heterocycles. The summed E-state index contributed by atoms with van der Waals surface area (Å²) < 4.78 is 5.38. The lowest BCUT2D eigenvalue weighted by molar-refractivity contribution is 0.400. The van der Waals surface area contributed by atoms with Gasteiger partial charge in [0, 0.05) is 17.6 Å². The Morgan fingerprint density at radius 3 is 3.06 bits per heavy atom. The van der Waals surface area contributed by atoms with Gasteiger partial charge in [0.25, 0.3) is 0 Å².